The summed E-state index contributed by atoms with van der Waals surface area (Å²) in [5.74, 6) is 1.28. The molecule has 2 aliphatic rings. The van der Waals surface area contributed by atoms with Gasteiger partial charge in [-0.15, -0.1) is 0 Å². The smallest absolute Gasteiger partial charge is 0.255 e. The summed E-state index contributed by atoms with van der Waals surface area (Å²) >= 11 is 6.10. The van der Waals surface area contributed by atoms with Crippen molar-refractivity contribution in [1.29, 1.82) is 0 Å². The Morgan fingerprint density at radius 1 is 1.22 bits per heavy atom. The molecule has 18 heavy (non-hydrogen) atoms. The second kappa shape index (κ2) is 4.90. The third kappa shape index (κ3) is 2.25. The first-order valence-corrected chi connectivity index (χ1v) is 6.86. The maximum Gasteiger partial charge on any atom is 0.255 e. The van der Waals surface area contributed by atoms with Gasteiger partial charge in [-0.2, -0.15) is 0 Å². The Balaban J connectivity index is 1.79. The number of carbonyl (C=O) groups excluding carboxylic acids is 1. The highest BCUT2D eigenvalue weighted by atomic mass is 35.5. The number of benzene rings is 1. The van der Waals surface area contributed by atoms with Crippen LogP contribution in [0.5, 0.6) is 0 Å². The van der Waals surface area contributed by atoms with Crippen LogP contribution in [0.4, 0.5) is 0 Å². The molecule has 0 radical (unpaired) electrons. The Hall–Kier alpha value is -1.06. The summed E-state index contributed by atoms with van der Waals surface area (Å²) in [5, 5.41) is 3.99. The summed E-state index contributed by atoms with van der Waals surface area (Å²) in [6.45, 7) is 3.77. The molecule has 2 unspecified atom stereocenters. The first kappa shape index (κ1) is 12.0. The van der Waals surface area contributed by atoms with E-state index < -0.39 is 0 Å². The highest BCUT2D eigenvalue weighted by molar-refractivity contribution is 6.33. The van der Waals surface area contributed by atoms with Crippen molar-refractivity contribution in [1.82, 2.24) is 10.2 Å². The van der Waals surface area contributed by atoms with E-state index >= 15 is 0 Å². The van der Waals surface area contributed by atoms with Crippen molar-refractivity contribution in [3.63, 3.8) is 0 Å². The van der Waals surface area contributed by atoms with Gasteiger partial charge in [-0.05, 0) is 43.5 Å². The van der Waals surface area contributed by atoms with Crippen molar-refractivity contribution in [3.05, 3.63) is 34.9 Å². The molecule has 0 aromatic heterocycles. The Morgan fingerprint density at radius 3 is 2.56 bits per heavy atom. The maximum absolute atomic E-state index is 12.5. The molecule has 2 aliphatic heterocycles. The summed E-state index contributed by atoms with van der Waals surface area (Å²) in [6.07, 6.45) is 1.25. The van der Waals surface area contributed by atoms with Crippen LogP contribution in [0, 0.1) is 11.8 Å². The Labute approximate surface area is 112 Å². The molecule has 2 fully saturated rings. The van der Waals surface area contributed by atoms with Crippen LogP contribution in [0.1, 0.15) is 16.8 Å². The fraction of sp³-hybridized carbons (Fsp3) is 0.500. The molecule has 2 atom stereocenters. The molecule has 1 aromatic rings. The minimum Gasteiger partial charge on any atom is -0.338 e. The quantitative estimate of drug-likeness (QED) is 0.842. The summed E-state index contributed by atoms with van der Waals surface area (Å²) in [6, 6.07) is 7.31. The highest BCUT2D eigenvalue weighted by Crippen LogP contribution is 2.27. The van der Waals surface area contributed by atoms with E-state index in [1.54, 1.807) is 6.07 Å². The Kier molecular flexibility index (Phi) is 3.27. The van der Waals surface area contributed by atoms with Gasteiger partial charge in [-0.25, -0.2) is 0 Å². The number of likely N-dealkylation sites (tertiary alicyclic amines) is 1. The number of nitrogens with one attached hydrogen (secondary N) is 1. The molecular formula is C14H17ClN2O. The largest absolute Gasteiger partial charge is 0.338 e. The lowest BCUT2D eigenvalue weighted by atomic mass is 9.85. The van der Waals surface area contributed by atoms with Gasteiger partial charge in [0.05, 0.1) is 10.6 Å². The lowest BCUT2D eigenvalue weighted by Gasteiger charge is -2.41. The van der Waals surface area contributed by atoms with E-state index in [2.05, 4.69) is 5.32 Å². The molecule has 1 aromatic carbocycles. The fourth-order valence-electron chi connectivity index (χ4n) is 3.08. The van der Waals surface area contributed by atoms with Gasteiger partial charge in [0, 0.05) is 13.1 Å². The van der Waals surface area contributed by atoms with Crippen molar-refractivity contribution in [2.45, 2.75) is 6.42 Å². The summed E-state index contributed by atoms with van der Waals surface area (Å²) in [4.78, 5) is 14.4. The predicted molar refractivity (Wildman–Crippen MR) is 71.8 cm³/mol. The Morgan fingerprint density at radius 2 is 1.89 bits per heavy atom. The number of rotatable bonds is 1. The normalized spacial score (nSPS) is 27.1. The van der Waals surface area contributed by atoms with Gasteiger partial charge in [-0.1, -0.05) is 23.7 Å². The average Bonchev–Trinajstić information content (AvgIpc) is 2.38. The number of halogens is 1. The van der Waals surface area contributed by atoms with Crippen LogP contribution in [-0.2, 0) is 0 Å². The molecule has 0 saturated carbocycles. The average molecular weight is 265 g/mol. The van der Waals surface area contributed by atoms with Gasteiger partial charge in [-0.3, -0.25) is 4.79 Å². The standard InChI is InChI=1S/C14H17ClN2O/c15-13-4-2-1-3-12(13)14(18)17-8-10-5-11(9-17)7-16-6-10/h1-4,10-11,16H,5-9H2. The van der Waals surface area contributed by atoms with Crippen molar-refractivity contribution >= 4 is 17.5 Å². The summed E-state index contributed by atoms with van der Waals surface area (Å²) in [7, 11) is 0. The van der Waals surface area contributed by atoms with E-state index in [0.717, 1.165) is 26.2 Å². The van der Waals surface area contributed by atoms with Gasteiger partial charge in [0.25, 0.3) is 5.91 Å². The number of nitrogens with zero attached hydrogens (tertiary/aromatic N) is 1. The monoisotopic (exact) mass is 264 g/mol. The number of hydrogen-bond acceptors (Lipinski definition) is 2. The van der Waals surface area contributed by atoms with Crippen molar-refractivity contribution in [2.75, 3.05) is 26.2 Å². The zero-order valence-electron chi connectivity index (χ0n) is 10.2. The van der Waals surface area contributed by atoms with E-state index in [0.29, 0.717) is 22.4 Å². The zero-order valence-corrected chi connectivity index (χ0v) is 11.0. The van der Waals surface area contributed by atoms with Gasteiger partial charge < -0.3 is 10.2 Å². The number of amides is 1. The molecule has 0 aliphatic carbocycles. The van der Waals surface area contributed by atoms with Crippen molar-refractivity contribution in [2.24, 2.45) is 11.8 Å². The van der Waals surface area contributed by atoms with Gasteiger partial charge in [0.15, 0.2) is 0 Å². The van der Waals surface area contributed by atoms with E-state index in [-0.39, 0.29) is 5.91 Å². The lowest BCUT2D eigenvalue weighted by Crippen LogP contribution is -2.52. The molecule has 2 heterocycles. The van der Waals surface area contributed by atoms with Crippen LogP contribution in [0.3, 0.4) is 0 Å². The van der Waals surface area contributed by atoms with Crippen LogP contribution >= 0.6 is 11.6 Å². The molecule has 1 amide bonds. The molecule has 2 saturated heterocycles. The van der Waals surface area contributed by atoms with Crippen molar-refractivity contribution < 1.29 is 4.79 Å². The predicted octanol–water partition coefficient (Wildman–Crippen LogP) is 2.02. The number of piperidine rings is 2. The highest BCUT2D eigenvalue weighted by Gasteiger charge is 2.33. The molecule has 3 rings (SSSR count). The molecule has 2 bridgehead atoms. The molecule has 3 nitrogen and oxygen atoms in total. The number of carbonyl (C=O) groups is 1. The first-order chi connectivity index (χ1) is 8.74. The maximum atomic E-state index is 12.5. The second-order valence-electron chi connectivity index (χ2n) is 5.32. The molecule has 0 spiro atoms. The zero-order chi connectivity index (χ0) is 12.5. The molecule has 96 valence electrons. The third-order valence-electron chi connectivity index (χ3n) is 3.88. The van der Waals surface area contributed by atoms with Crippen LogP contribution < -0.4 is 5.32 Å². The van der Waals surface area contributed by atoms with Gasteiger partial charge in [0.1, 0.15) is 0 Å². The third-order valence-corrected chi connectivity index (χ3v) is 4.21. The van der Waals surface area contributed by atoms with E-state index in [1.165, 1.54) is 6.42 Å². The topological polar surface area (TPSA) is 32.3 Å². The van der Waals surface area contributed by atoms with Gasteiger partial charge >= 0.3 is 0 Å². The molecular weight excluding hydrogens is 248 g/mol. The Bertz CT molecular complexity index is 451. The van der Waals surface area contributed by atoms with Crippen LogP contribution in [0.2, 0.25) is 5.02 Å². The summed E-state index contributed by atoms with van der Waals surface area (Å²) in [5.41, 5.74) is 0.632. The number of hydrogen-bond donors (Lipinski definition) is 1. The van der Waals surface area contributed by atoms with E-state index in [4.69, 9.17) is 11.6 Å². The lowest BCUT2D eigenvalue weighted by molar-refractivity contribution is 0.0538. The number of fused-ring (bicyclic) bond motifs is 2. The van der Waals surface area contributed by atoms with E-state index in [1.807, 2.05) is 23.1 Å². The van der Waals surface area contributed by atoms with Crippen LogP contribution in [0.15, 0.2) is 24.3 Å². The van der Waals surface area contributed by atoms with Gasteiger partial charge in [0.2, 0.25) is 0 Å². The molecule has 1 N–H and O–H groups in total. The fourth-order valence-corrected chi connectivity index (χ4v) is 3.29. The van der Waals surface area contributed by atoms with Crippen LogP contribution in [0.25, 0.3) is 0 Å². The minimum absolute atomic E-state index is 0.0807. The first-order valence-electron chi connectivity index (χ1n) is 6.48. The van der Waals surface area contributed by atoms with E-state index in [9.17, 15) is 4.79 Å². The summed E-state index contributed by atoms with van der Waals surface area (Å²) < 4.78 is 0. The molecule has 4 heteroatoms. The minimum atomic E-state index is 0.0807. The second-order valence-corrected chi connectivity index (χ2v) is 5.72. The SMILES string of the molecule is O=C(c1ccccc1Cl)N1CC2CNCC(C2)C1. The van der Waals surface area contributed by atoms with Crippen LogP contribution in [-0.4, -0.2) is 37.0 Å². The van der Waals surface area contributed by atoms with Crippen molar-refractivity contribution in [3.8, 4) is 0 Å².